The molecule has 26 heavy (non-hydrogen) atoms. The maximum Gasteiger partial charge on any atom is 0.228 e. The summed E-state index contributed by atoms with van der Waals surface area (Å²) >= 11 is 0. The fourth-order valence-corrected chi connectivity index (χ4v) is 3.87. The van der Waals surface area contributed by atoms with E-state index in [1.807, 2.05) is 18.2 Å². The second-order valence-corrected chi connectivity index (χ2v) is 8.04. The Morgan fingerprint density at radius 2 is 1.88 bits per heavy atom. The van der Waals surface area contributed by atoms with Gasteiger partial charge < -0.3 is 14.8 Å². The van der Waals surface area contributed by atoms with E-state index in [-0.39, 0.29) is 11.3 Å². The molecule has 0 bridgehead atoms. The molecule has 0 saturated carbocycles. The van der Waals surface area contributed by atoms with Crippen molar-refractivity contribution in [1.82, 2.24) is 0 Å². The van der Waals surface area contributed by atoms with Gasteiger partial charge in [-0.25, -0.2) is 0 Å². The minimum atomic E-state index is -0.0317. The normalized spacial score (nSPS) is 15.0. The molecule has 2 aliphatic heterocycles. The molecule has 0 saturated heterocycles. The van der Waals surface area contributed by atoms with Crippen LogP contribution in [0.3, 0.4) is 0 Å². The highest BCUT2D eigenvalue weighted by Crippen LogP contribution is 2.41. The smallest absolute Gasteiger partial charge is 0.228 e. The van der Waals surface area contributed by atoms with Gasteiger partial charge in [0.15, 0.2) is 0 Å². The molecule has 0 atom stereocenters. The fourth-order valence-electron chi connectivity index (χ4n) is 3.87. The van der Waals surface area contributed by atoms with Crippen LogP contribution in [0.4, 0.5) is 5.69 Å². The Morgan fingerprint density at radius 1 is 1.12 bits per heavy atom. The molecular formula is C22H25NO3. The molecule has 0 fully saturated rings. The van der Waals surface area contributed by atoms with Gasteiger partial charge >= 0.3 is 0 Å². The minimum absolute atomic E-state index is 0.0142. The van der Waals surface area contributed by atoms with Crippen LogP contribution in [-0.4, -0.2) is 19.1 Å². The number of rotatable bonds is 3. The molecular weight excluding hydrogens is 326 g/mol. The predicted molar refractivity (Wildman–Crippen MR) is 102 cm³/mol. The first-order valence-corrected chi connectivity index (χ1v) is 9.26. The van der Waals surface area contributed by atoms with Gasteiger partial charge in [-0.3, -0.25) is 4.79 Å². The number of carbonyl (C=O) groups is 1. The van der Waals surface area contributed by atoms with Gasteiger partial charge in [-0.2, -0.15) is 0 Å². The van der Waals surface area contributed by atoms with Crippen LogP contribution >= 0.6 is 0 Å². The molecule has 1 N–H and O–H groups in total. The molecule has 136 valence electrons. The van der Waals surface area contributed by atoms with E-state index < -0.39 is 0 Å². The summed E-state index contributed by atoms with van der Waals surface area (Å²) in [6.07, 6.45) is 2.04. The van der Waals surface area contributed by atoms with Gasteiger partial charge in [0.25, 0.3) is 0 Å². The standard InChI is InChI=1S/C22H25NO3/c1-22(2,3)17-6-4-5-7-18(17)23-20(24)13-16-15-9-11-25-19(15)12-14-8-10-26-21(14)16/h4-7,12H,8-11,13H2,1-3H3,(H,23,24). The number of carbonyl (C=O) groups excluding carboxylic acids is 1. The van der Waals surface area contributed by atoms with E-state index in [0.29, 0.717) is 19.6 Å². The van der Waals surface area contributed by atoms with Gasteiger partial charge in [0, 0.05) is 35.2 Å². The molecule has 2 heterocycles. The summed E-state index contributed by atoms with van der Waals surface area (Å²) in [5.74, 6) is 1.81. The van der Waals surface area contributed by atoms with Crippen molar-refractivity contribution >= 4 is 11.6 Å². The number of amides is 1. The van der Waals surface area contributed by atoms with E-state index in [4.69, 9.17) is 9.47 Å². The number of fused-ring (bicyclic) bond motifs is 2. The molecule has 4 nitrogen and oxygen atoms in total. The summed E-state index contributed by atoms with van der Waals surface area (Å²) in [4.78, 5) is 12.9. The van der Waals surface area contributed by atoms with Gasteiger partial charge in [-0.15, -0.1) is 0 Å². The average molecular weight is 351 g/mol. The third kappa shape index (κ3) is 3.05. The van der Waals surface area contributed by atoms with Crippen molar-refractivity contribution in [2.24, 2.45) is 0 Å². The second kappa shape index (κ2) is 6.35. The molecule has 1 amide bonds. The van der Waals surface area contributed by atoms with Crippen molar-refractivity contribution in [3.8, 4) is 11.5 Å². The maximum atomic E-state index is 12.9. The fraction of sp³-hybridized carbons (Fsp3) is 0.409. The molecule has 4 heteroatoms. The first-order chi connectivity index (χ1) is 12.4. The SMILES string of the molecule is CC(C)(C)c1ccccc1NC(=O)Cc1c2c(cc3c1OCC3)OCC2. The lowest BCUT2D eigenvalue weighted by molar-refractivity contribution is -0.115. The zero-order valence-electron chi connectivity index (χ0n) is 15.6. The van der Waals surface area contributed by atoms with Gasteiger partial charge in [0.2, 0.25) is 5.91 Å². The van der Waals surface area contributed by atoms with E-state index in [2.05, 4.69) is 38.2 Å². The number of para-hydroxylation sites is 1. The van der Waals surface area contributed by atoms with Crippen LogP contribution in [0.25, 0.3) is 0 Å². The van der Waals surface area contributed by atoms with E-state index in [1.54, 1.807) is 0 Å². The predicted octanol–water partition coefficient (Wildman–Crippen LogP) is 4.04. The summed E-state index contributed by atoms with van der Waals surface area (Å²) in [6.45, 7) is 7.82. The Balaban J connectivity index is 1.61. The topological polar surface area (TPSA) is 47.6 Å². The number of hydrogen-bond donors (Lipinski definition) is 1. The Bertz CT molecular complexity index is 832. The Hall–Kier alpha value is -2.49. The number of ether oxygens (including phenoxy) is 2. The zero-order chi connectivity index (χ0) is 18.3. The van der Waals surface area contributed by atoms with Gasteiger partial charge in [-0.1, -0.05) is 39.0 Å². The highest BCUT2D eigenvalue weighted by molar-refractivity contribution is 5.94. The molecule has 0 aromatic heterocycles. The molecule has 0 spiro atoms. The highest BCUT2D eigenvalue weighted by atomic mass is 16.5. The summed E-state index contributed by atoms with van der Waals surface area (Å²) < 4.78 is 11.6. The van der Waals surface area contributed by atoms with Crippen molar-refractivity contribution in [1.29, 1.82) is 0 Å². The number of anilines is 1. The van der Waals surface area contributed by atoms with Crippen molar-refractivity contribution in [3.63, 3.8) is 0 Å². The van der Waals surface area contributed by atoms with Crippen LogP contribution in [0.1, 0.15) is 43.0 Å². The zero-order valence-corrected chi connectivity index (χ0v) is 15.6. The maximum absolute atomic E-state index is 12.9. The van der Waals surface area contributed by atoms with Crippen molar-refractivity contribution in [3.05, 3.63) is 52.6 Å². The first-order valence-electron chi connectivity index (χ1n) is 9.26. The van der Waals surface area contributed by atoms with Crippen LogP contribution < -0.4 is 14.8 Å². The van der Waals surface area contributed by atoms with Crippen molar-refractivity contribution < 1.29 is 14.3 Å². The largest absolute Gasteiger partial charge is 0.493 e. The lowest BCUT2D eigenvalue weighted by Gasteiger charge is -2.23. The quantitative estimate of drug-likeness (QED) is 0.908. The summed E-state index contributed by atoms with van der Waals surface area (Å²) in [5, 5.41) is 3.11. The van der Waals surface area contributed by atoms with Crippen LogP contribution in [0.2, 0.25) is 0 Å². The van der Waals surface area contributed by atoms with Gasteiger partial charge in [-0.05, 0) is 23.1 Å². The third-order valence-corrected chi connectivity index (χ3v) is 5.11. The Kier molecular flexibility index (Phi) is 4.14. The monoisotopic (exact) mass is 351 g/mol. The van der Waals surface area contributed by atoms with Crippen molar-refractivity contribution in [2.75, 3.05) is 18.5 Å². The first kappa shape index (κ1) is 17.0. The van der Waals surface area contributed by atoms with E-state index in [9.17, 15) is 4.79 Å². The molecule has 2 aliphatic rings. The summed E-state index contributed by atoms with van der Waals surface area (Å²) in [6, 6.07) is 10.1. The van der Waals surface area contributed by atoms with Crippen LogP contribution in [0.15, 0.2) is 30.3 Å². The highest BCUT2D eigenvalue weighted by Gasteiger charge is 2.28. The molecule has 0 unspecified atom stereocenters. The van der Waals surface area contributed by atoms with Crippen molar-refractivity contribution in [2.45, 2.75) is 45.4 Å². The van der Waals surface area contributed by atoms with Crippen LogP contribution in [0, 0.1) is 0 Å². The molecule has 2 aromatic rings. The lowest BCUT2D eigenvalue weighted by Crippen LogP contribution is -2.20. The number of nitrogens with one attached hydrogen (secondary N) is 1. The van der Waals surface area contributed by atoms with Gasteiger partial charge in [0.05, 0.1) is 19.6 Å². The van der Waals surface area contributed by atoms with Gasteiger partial charge in [0.1, 0.15) is 11.5 Å². The summed E-state index contributed by atoms with van der Waals surface area (Å²) in [7, 11) is 0. The minimum Gasteiger partial charge on any atom is -0.493 e. The molecule has 0 radical (unpaired) electrons. The van der Waals surface area contributed by atoms with E-state index in [1.165, 1.54) is 0 Å². The lowest BCUT2D eigenvalue weighted by atomic mass is 9.86. The molecule has 2 aromatic carbocycles. The molecule has 0 aliphatic carbocycles. The second-order valence-electron chi connectivity index (χ2n) is 8.04. The number of hydrogen-bond acceptors (Lipinski definition) is 3. The van der Waals surface area contributed by atoms with E-state index >= 15 is 0 Å². The number of benzene rings is 2. The summed E-state index contributed by atoms with van der Waals surface area (Å²) in [5.41, 5.74) is 5.27. The third-order valence-electron chi connectivity index (χ3n) is 5.11. The van der Waals surface area contributed by atoms with Crippen LogP contribution in [0.5, 0.6) is 11.5 Å². The van der Waals surface area contributed by atoms with E-state index in [0.717, 1.165) is 52.3 Å². The molecule has 4 rings (SSSR count). The Labute approximate surface area is 154 Å². The Morgan fingerprint density at radius 3 is 2.69 bits per heavy atom. The average Bonchev–Trinajstić information content (AvgIpc) is 3.23. The van der Waals surface area contributed by atoms with Crippen LogP contribution in [-0.2, 0) is 29.5 Å².